The van der Waals surface area contributed by atoms with E-state index in [-0.39, 0.29) is 0 Å². The van der Waals surface area contributed by atoms with Crippen LogP contribution in [0.5, 0.6) is 0 Å². The first-order valence-corrected chi connectivity index (χ1v) is 3.42. The summed E-state index contributed by atoms with van der Waals surface area (Å²) in [4.78, 5) is 13.5. The van der Waals surface area contributed by atoms with E-state index in [1.807, 2.05) is 30.6 Å². The van der Waals surface area contributed by atoms with Crippen molar-refractivity contribution in [3.05, 3.63) is 36.2 Å². The quantitative estimate of drug-likeness (QED) is 0.611. The van der Waals surface area contributed by atoms with Crippen LogP contribution in [0.2, 0.25) is 0 Å². The topological polar surface area (TPSA) is 32.9 Å². The Hall–Kier alpha value is -1.57. The summed E-state index contributed by atoms with van der Waals surface area (Å²) in [5.74, 6) is 0. The Morgan fingerprint density at radius 2 is 2.18 bits per heavy atom. The molecule has 0 amide bonds. The van der Waals surface area contributed by atoms with Gasteiger partial charge in [-0.1, -0.05) is 18.2 Å². The Kier molecular flexibility index (Phi) is 1.25. The molecule has 0 unspecified atom stereocenters. The number of aromatic amines is 1. The van der Waals surface area contributed by atoms with Crippen molar-refractivity contribution < 1.29 is 4.79 Å². The molecular formula is C9H7NO. The minimum absolute atomic E-state index is 0.740. The summed E-state index contributed by atoms with van der Waals surface area (Å²) in [5, 5.41) is 2.07. The molecular weight excluding hydrogens is 138 g/mol. The molecule has 0 spiro atoms. The van der Waals surface area contributed by atoms with Gasteiger partial charge in [-0.2, -0.15) is 0 Å². The van der Waals surface area contributed by atoms with E-state index in [1.54, 1.807) is 0 Å². The number of carbonyl (C=O) groups is 1. The molecule has 0 atom stereocenters. The average Bonchev–Trinajstić information content (AvgIpc) is 2.50. The summed E-state index contributed by atoms with van der Waals surface area (Å²) in [6.45, 7) is 0. The molecule has 0 saturated heterocycles. The van der Waals surface area contributed by atoms with Gasteiger partial charge in [-0.25, -0.2) is 0 Å². The monoisotopic (exact) mass is 145 g/mol. The third-order valence-electron chi connectivity index (χ3n) is 1.77. The van der Waals surface area contributed by atoms with Crippen LogP contribution in [0, 0.1) is 0 Å². The lowest BCUT2D eigenvalue weighted by molar-refractivity contribution is 0.112. The first kappa shape index (κ1) is 6.16. The maximum atomic E-state index is 10.5. The number of benzene rings is 1. The van der Waals surface area contributed by atoms with Crippen molar-refractivity contribution in [2.45, 2.75) is 0 Å². The summed E-state index contributed by atoms with van der Waals surface area (Å²) in [7, 11) is 0. The smallest absolute Gasteiger partial charge is 0.150 e. The van der Waals surface area contributed by atoms with Crippen LogP contribution in [0.25, 0.3) is 10.8 Å². The van der Waals surface area contributed by atoms with Crippen molar-refractivity contribution >= 4 is 17.1 Å². The Morgan fingerprint density at radius 1 is 1.27 bits per heavy atom. The van der Waals surface area contributed by atoms with E-state index in [9.17, 15) is 4.79 Å². The predicted molar refractivity (Wildman–Crippen MR) is 43.7 cm³/mol. The van der Waals surface area contributed by atoms with Crippen molar-refractivity contribution in [1.82, 2.24) is 4.98 Å². The molecule has 11 heavy (non-hydrogen) atoms. The van der Waals surface area contributed by atoms with Crippen LogP contribution in [-0.2, 0) is 0 Å². The molecule has 1 N–H and O–H groups in total. The number of hydrogen-bond donors (Lipinski definition) is 1. The van der Waals surface area contributed by atoms with Crippen LogP contribution >= 0.6 is 0 Å². The lowest BCUT2D eigenvalue weighted by atomic mass is 10.1. The fraction of sp³-hybridized carbons (Fsp3) is 0. The lowest BCUT2D eigenvalue weighted by Crippen LogP contribution is -1.77. The van der Waals surface area contributed by atoms with Crippen LogP contribution in [-0.4, -0.2) is 11.3 Å². The first-order chi connectivity index (χ1) is 5.42. The van der Waals surface area contributed by atoms with Gasteiger partial charge in [0.05, 0.1) is 0 Å². The fourth-order valence-corrected chi connectivity index (χ4v) is 1.21. The highest BCUT2D eigenvalue weighted by atomic mass is 16.1. The first-order valence-electron chi connectivity index (χ1n) is 3.42. The van der Waals surface area contributed by atoms with Gasteiger partial charge in [0.1, 0.15) is 0 Å². The van der Waals surface area contributed by atoms with Gasteiger partial charge in [-0.15, -0.1) is 0 Å². The van der Waals surface area contributed by atoms with Crippen LogP contribution in [0.3, 0.4) is 0 Å². The van der Waals surface area contributed by atoms with E-state index in [2.05, 4.69) is 4.98 Å². The zero-order valence-electron chi connectivity index (χ0n) is 5.87. The third-order valence-corrected chi connectivity index (χ3v) is 1.77. The molecule has 54 valence electrons. The summed E-state index contributed by atoms with van der Waals surface area (Å²) < 4.78 is 0. The molecule has 0 fully saturated rings. The van der Waals surface area contributed by atoms with Gasteiger partial charge in [-0.3, -0.25) is 4.79 Å². The highest BCUT2D eigenvalue weighted by Gasteiger charge is 1.97. The summed E-state index contributed by atoms with van der Waals surface area (Å²) in [6, 6.07) is 5.65. The van der Waals surface area contributed by atoms with E-state index in [4.69, 9.17) is 0 Å². The van der Waals surface area contributed by atoms with Gasteiger partial charge in [0.2, 0.25) is 0 Å². The largest absolute Gasteiger partial charge is 0.366 e. The van der Waals surface area contributed by atoms with Gasteiger partial charge in [-0.05, 0) is 5.39 Å². The molecule has 0 aliphatic heterocycles. The second kappa shape index (κ2) is 2.23. The molecule has 1 aromatic heterocycles. The molecule has 2 rings (SSSR count). The Bertz CT molecular complexity index is 389. The number of H-pyrrole nitrogens is 1. The predicted octanol–water partition coefficient (Wildman–Crippen LogP) is 1.98. The van der Waals surface area contributed by atoms with E-state index < -0.39 is 0 Å². The molecule has 1 heterocycles. The Balaban J connectivity index is 2.88. The van der Waals surface area contributed by atoms with Crippen molar-refractivity contribution in [2.24, 2.45) is 0 Å². The highest BCUT2D eigenvalue weighted by molar-refractivity contribution is 5.97. The summed E-state index contributed by atoms with van der Waals surface area (Å²) in [6.07, 6.45) is 4.58. The van der Waals surface area contributed by atoms with Crippen molar-refractivity contribution in [3.63, 3.8) is 0 Å². The zero-order chi connectivity index (χ0) is 7.68. The zero-order valence-corrected chi connectivity index (χ0v) is 5.87. The number of hydrogen-bond acceptors (Lipinski definition) is 1. The van der Waals surface area contributed by atoms with Crippen LogP contribution in [0.1, 0.15) is 10.4 Å². The second-order valence-corrected chi connectivity index (χ2v) is 2.42. The standard InChI is InChI=1S/C9H7NO/c11-6-8-3-1-2-7-4-10-5-9(7)8/h1-6,10H. The molecule has 0 bridgehead atoms. The fourth-order valence-electron chi connectivity index (χ4n) is 1.21. The number of nitrogens with one attached hydrogen (secondary N) is 1. The van der Waals surface area contributed by atoms with Crippen molar-refractivity contribution in [1.29, 1.82) is 0 Å². The lowest BCUT2D eigenvalue weighted by Gasteiger charge is -1.90. The van der Waals surface area contributed by atoms with E-state index in [0.717, 1.165) is 22.6 Å². The van der Waals surface area contributed by atoms with E-state index in [1.165, 1.54) is 0 Å². The van der Waals surface area contributed by atoms with E-state index >= 15 is 0 Å². The number of aldehydes is 1. The number of fused-ring (bicyclic) bond motifs is 1. The maximum Gasteiger partial charge on any atom is 0.150 e. The van der Waals surface area contributed by atoms with Crippen LogP contribution in [0.15, 0.2) is 30.6 Å². The van der Waals surface area contributed by atoms with Crippen LogP contribution < -0.4 is 0 Å². The Morgan fingerprint density at radius 3 is 3.00 bits per heavy atom. The number of rotatable bonds is 1. The molecule has 1 aromatic carbocycles. The van der Waals surface area contributed by atoms with Gasteiger partial charge in [0.15, 0.2) is 6.29 Å². The normalized spacial score (nSPS) is 10.2. The molecule has 0 radical (unpaired) electrons. The minimum atomic E-state index is 0.740. The summed E-state index contributed by atoms with van der Waals surface area (Å²) in [5.41, 5.74) is 0.740. The molecule has 0 aliphatic carbocycles. The van der Waals surface area contributed by atoms with Gasteiger partial charge in [0, 0.05) is 23.3 Å². The SMILES string of the molecule is O=Cc1cccc2c[nH]cc12. The van der Waals surface area contributed by atoms with Gasteiger partial charge >= 0.3 is 0 Å². The number of carbonyl (C=O) groups excluding carboxylic acids is 1. The molecule has 0 saturated carbocycles. The van der Waals surface area contributed by atoms with Crippen molar-refractivity contribution in [2.75, 3.05) is 0 Å². The summed E-state index contributed by atoms with van der Waals surface area (Å²) >= 11 is 0. The molecule has 2 nitrogen and oxygen atoms in total. The van der Waals surface area contributed by atoms with E-state index in [0.29, 0.717) is 0 Å². The highest BCUT2D eigenvalue weighted by Crippen LogP contribution is 2.15. The number of aromatic nitrogens is 1. The van der Waals surface area contributed by atoms with Gasteiger partial charge < -0.3 is 4.98 Å². The second-order valence-electron chi connectivity index (χ2n) is 2.42. The third kappa shape index (κ3) is 0.835. The average molecular weight is 145 g/mol. The molecule has 2 heteroatoms. The van der Waals surface area contributed by atoms with Crippen LogP contribution in [0.4, 0.5) is 0 Å². The molecule has 0 aliphatic rings. The van der Waals surface area contributed by atoms with Gasteiger partial charge in [0.25, 0.3) is 0 Å². The minimum Gasteiger partial charge on any atom is -0.366 e. The van der Waals surface area contributed by atoms with Crippen molar-refractivity contribution in [3.8, 4) is 0 Å². The maximum absolute atomic E-state index is 10.5. The Labute approximate surface area is 63.8 Å². The molecule has 2 aromatic rings.